The van der Waals surface area contributed by atoms with E-state index < -0.39 is 0 Å². The molecule has 3 unspecified atom stereocenters. The number of rotatable bonds is 12. The van der Waals surface area contributed by atoms with E-state index in [0.29, 0.717) is 0 Å². The molecule has 1 aliphatic heterocycles. The Labute approximate surface area is 169 Å². The third-order valence-corrected chi connectivity index (χ3v) is 6.53. The molecule has 1 aromatic carbocycles. The number of benzene rings is 1. The molecule has 0 aromatic heterocycles. The third-order valence-electron chi connectivity index (χ3n) is 6.53. The Morgan fingerprint density at radius 1 is 0.852 bits per heavy atom. The summed E-state index contributed by atoms with van der Waals surface area (Å²) in [6, 6.07) is 8.56. The lowest BCUT2D eigenvalue weighted by atomic mass is 9.86. The molecule has 1 heteroatoms. The van der Waals surface area contributed by atoms with Gasteiger partial charge in [-0.05, 0) is 62.0 Å². The van der Waals surface area contributed by atoms with Crippen LogP contribution in [0.4, 0.5) is 0 Å². The lowest BCUT2D eigenvalue weighted by Gasteiger charge is -2.36. The Kier molecular flexibility index (Phi) is 9.19. The zero-order chi connectivity index (χ0) is 19.7. The van der Waals surface area contributed by atoms with E-state index in [0.717, 1.165) is 36.3 Å². The lowest BCUT2D eigenvalue weighted by Crippen LogP contribution is -2.36. The minimum atomic E-state index is 0.0407. The fourth-order valence-electron chi connectivity index (χ4n) is 4.50. The van der Waals surface area contributed by atoms with Crippen LogP contribution in [0.15, 0.2) is 24.3 Å². The minimum Gasteiger partial charge on any atom is -0.487 e. The van der Waals surface area contributed by atoms with Gasteiger partial charge in [0, 0.05) is 0 Å². The summed E-state index contributed by atoms with van der Waals surface area (Å²) >= 11 is 0. The van der Waals surface area contributed by atoms with Gasteiger partial charge in [0.25, 0.3) is 0 Å². The molecule has 27 heavy (non-hydrogen) atoms. The van der Waals surface area contributed by atoms with Crippen LogP contribution in [0, 0.1) is 17.8 Å². The molecule has 0 radical (unpaired) electrons. The first-order valence-electron chi connectivity index (χ1n) is 11.6. The van der Waals surface area contributed by atoms with Crippen LogP contribution in [0.3, 0.4) is 0 Å². The van der Waals surface area contributed by atoms with Crippen LogP contribution in [0.5, 0.6) is 5.75 Å². The molecule has 1 heterocycles. The molecular formula is C26H44O. The van der Waals surface area contributed by atoms with E-state index in [9.17, 15) is 0 Å². The van der Waals surface area contributed by atoms with Gasteiger partial charge < -0.3 is 4.74 Å². The Morgan fingerprint density at radius 3 is 2.11 bits per heavy atom. The maximum Gasteiger partial charge on any atom is 0.123 e. The SMILES string of the molecule is CC(C)CCCC(C)CCCC(C)CCCC1(C)CCc2ccccc2O1. The first kappa shape index (κ1) is 22.3. The van der Waals surface area contributed by atoms with Crippen LogP contribution in [-0.2, 0) is 6.42 Å². The molecule has 3 atom stereocenters. The van der Waals surface area contributed by atoms with Gasteiger partial charge in [0.2, 0.25) is 0 Å². The largest absolute Gasteiger partial charge is 0.487 e. The maximum absolute atomic E-state index is 6.37. The normalized spacial score (nSPS) is 21.6. The van der Waals surface area contributed by atoms with Crippen molar-refractivity contribution in [1.82, 2.24) is 0 Å². The quantitative estimate of drug-likeness (QED) is 0.359. The van der Waals surface area contributed by atoms with Gasteiger partial charge >= 0.3 is 0 Å². The van der Waals surface area contributed by atoms with Gasteiger partial charge in [0.15, 0.2) is 0 Å². The van der Waals surface area contributed by atoms with E-state index in [2.05, 4.69) is 58.9 Å². The number of fused-ring (bicyclic) bond motifs is 1. The Bertz CT molecular complexity index is 535. The highest BCUT2D eigenvalue weighted by Gasteiger charge is 2.30. The minimum absolute atomic E-state index is 0.0407. The second-order valence-corrected chi connectivity index (χ2v) is 10.0. The molecule has 0 saturated carbocycles. The van der Waals surface area contributed by atoms with Crippen molar-refractivity contribution < 1.29 is 4.74 Å². The van der Waals surface area contributed by atoms with Gasteiger partial charge in [0.1, 0.15) is 11.4 Å². The predicted molar refractivity (Wildman–Crippen MR) is 119 cm³/mol. The average molecular weight is 373 g/mol. The molecule has 1 aromatic rings. The molecule has 1 nitrogen and oxygen atoms in total. The third kappa shape index (κ3) is 8.28. The van der Waals surface area contributed by atoms with E-state index >= 15 is 0 Å². The molecule has 2 rings (SSSR count). The molecule has 0 spiro atoms. The van der Waals surface area contributed by atoms with Crippen molar-refractivity contribution >= 4 is 0 Å². The zero-order valence-corrected chi connectivity index (χ0v) is 18.7. The molecule has 1 aliphatic rings. The van der Waals surface area contributed by atoms with Gasteiger partial charge in [0.05, 0.1) is 0 Å². The molecule has 0 fully saturated rings. The Hall–Kier alpha value is -0.980. The zero-order valence-electron chi connectivity index (χ0n) is 18.7. The second-order valence-electron chi connectivity index (χ2n) is 10.0. The van der Waals surface area contributed by atoms with Gasteiger partial charge in [-0.1, -0.05) is 90.8 Å². The summed E-state index contributed by atoms with van der Waals surface area (Å²) in [6.45, 7) is 11.9. The van der Waals surface area contributed by atoms with Gasteiger partial charge in [-0.15, -0.1) is 0 Å². The second kappa shape index (κ2) is 11.1. The van der Waals surface area contributed by atoms with E-state index in [1.165, 1.54) is 63.4 Å². The highest BCUT2D eigenvalue weighted by molar-refractivity contribution is 5.35. The summed E-state index contributed by atoms with van der Waals surface area (Å²) in [7, 11) is 0. The average Bonchev–Trinajstić information content (AvgIpc) is 2.61. The molecular weight excluding hydrogens is 328 g/mol. The number of hydrogen-bond acceptors (Lipinski definition) is 1. The van der Waals surface area contributed by atoms with E-state index in [1.54, 1.807) is 0 Å². The molecule has 0 N–H and O–H groups in total. The summed E-state index contributed by atoms with van der Waals surface area (Å²) in [5, 5.41) is 0. The summed E-state index contributed by atoms with van der Waals surface area (Å²) in [5.74, 6) is 3.74. The van der Waals surface area contributed by atoms with Crippen LogP contribution in [-0.4, -0.2) is 5.60 Å². The summed E-state index contributed by atoms with van der Waals surface area (Å²) in [4.78, 5) is 0. The monoisotopic (exact) mass is 372 g/mol. The van der Waals surface area contributed by atoms with Gasteiger partial charge in [-0.3, -0.25) is 0 Å². The maximum atomic E-state index is 6.37. The summed E-state index contributed by atoms with van der Waals surface area (Å²) < 4.78 is 6.37. The van der Waals surface area contributed by atoms with Crippen molar-refractivity contribution in [3.05, 3.63) is 29.8 Å². The van der Waals surface area contributed by atoms with E-state index in [4.69, 9.17) is 4.74 Å². The van der Waals surface area contributed by atoms with Crippen molar-refractivity contribution in [2.75, 3.05) is 0 Å². The first-order valence-corrected chi connectivity index (χ1v) is 11.6. The van der Waals surface area contributed by atoms with E-state index in [1.807, 2.05) is 0 Å². The number of aryl methyl sites for hydroxylation is 1. The van der Waals surface area contributed by atoms with Crippen molar-refractivity contribution in [2.45, 2.75) is 111 Å². The van der Waals surface area contributed by atoms with Crippen LogP contribution in [0.2, 0.25) is 0 Å². The summed E-state index contributed by atoms with van der Waals surface area (Å²) in [5.41, 5.74) is 1.42. The number of hydrogen-bond donors (Lipinski definition) is 0. The highest BCUT2D eigenvalue weighted by Crippen LogP contribution is 2.36. The molecule has 0 saturated heterocycles. The topological polar surface area (TPSA) is 9.23 Å². The molecule has 0 aliphatic carbocycles. The highest BCUT2D eigenvalue weighted by atomic mass is 16.5. The van der Waals surface area contributed by atoms with Gasteiger partial charge in [-0.2, -0.15) is 0 Å². The van der Waals surface area contributed by atoms with E-state index in [-0.39, 0.29) is 5.60 Å². The van der Waals surface area contributed by atoms with Crippen molar-refractivity contribution in [3.8, 4) is 5.75 Å². The van der Waals surface area contributed by atoms with Crippen LogP contribution in [0.1, 0.15) is 104 Å². The van der Waals surface area contributed by atoms with Crippen molar-refractivity contribution in [3.63, 3.8) is 0 Å². The van der Waals surface area contributed by atoms with Crippen molar-refractivity contribution in [2.24, 2.45) is 17.8 Å². The Morgan fingerprint density at radius 2 is 1.44 bits per heavy atom. The predicted octanol–water partition coefficient (Wildman–Crippen LogP) is 8.21. The van der Waals surface area contributed by atoms with Crippen LogP contribution < -0.4 is 4.74 Å². The lowest BCUT2D eigenvalue weighted by molar-refractivity contribution is 0.0524. The van der Waals surface area contributed by atoms with Crippen LogP contribution >= 0.6 is 0 Å². The van der Waals surface area contributed by atoms with Gasteiger partial charge in [-0.25, -0.2) is 0 Å². The number of para-hydroxylation sites is 1. The number of ether oxygens (including phenoxy) is 1. The first-order chi connectivity index (χ1) is 12.9. The summed E-state index contributed by atoms with van der Waals surface area (Å²) in [6.07, 6.45) is 14.6. The molecule has 154 valence electrons. The standard InChI is InChI=1S/C26H44O/c1-21(2)11-8-12-22(3)13-9-14-23(4)15-10-19-26(5)20-18-24-16-6-7-17-25(24)27-26/h6-7,16-17,21-23H,8-15,18-20H2,1-5H3. The van der Waals surface area contributed by atoms with Crippen LogP contribution in [0.25, 0.3) is 0 Å². The fourth-order valence-corrected chi connectivity index (χ4v) is 4.50. The fraction of sp³-hybridized carbons (Fsp3) is 0.769. The van der Waals surface area contributed by atoms with Crippen molar-refractivity contribution in [1.29, 1.82) is 0 Å². The smallest absolute Gasteiger partial charge is 0.123 e. The molecule has 0 amide bonds. The Balaban J connectivity index is 1.57. The molecule has 0 bridgehead atoms.